The highest BCUT2D eigenvalue weighted by Gasteiger charge is 2.20. The summed E-state index contributed by atoms with van der Waals surface area (Å²) in [7, 11) is 0. The van der Waals surface area contributed by atoms with E-state index in [0.717, 1.165) is 39.9 Å². The first kappa shape index (κ1) is 27.5. The normalized spacial score (nSPS) is 11.1. The van der Waals surface area contributed by atoms with E-state index < -0.39 is 17.8 Å². The van der Waals surface area contributed by atoms with Gasteiger partial charge in [0.05, 0.1) is 30.0 Å². The van der Waals surface area contributed by atoms with Crippen LogP contribution in [0.2, 0.25) is 0 Å². The van der Waals surface area contributed by atoms with Crippen molar-refractivity contribution in [2.45, 2.75) is 52.2 Å². The summed E-state index contributed by atoms with van der Waals surface area (Å²) >= 11 is 0. The maximum atomic E-state index is 12.0. The molecule has 1 amide bonds. The van der Waals surface area contributed by atoms with Gasteiger partial charge in [-0.2, -0.15) is 5.10 Å². The molecule has 9 heteroatoms. The fourth-order valence-electron chi connectivity index (χ4n) is 4.65. The Hall–Kier alpha value is -4.50. The molecule has 0 bridgehead atoms. The van der Waals surface area contributed by atoms with Crippen LogP contribution in [0.1, 0.15) is 69.4 Å². The van der Waals surface area contributed by atoms with E-state index >= 15 is 0 Å². The summed E-state index contributed by atoms with van der Waals surface area (Å²) in [5, 5.41) is 23.2. The molecule has 0 aliphatic heterocycles. The van der Waals surface area contributed by atoms with Gasteiger partial charge >= 0.3 is 11.9 Å². The van der Waals surface area contributed by atoms with Crippen LogP contribution >= 0.6 is 0 Å². The lowest BCUT2D eigenvalue weighted by molar-refractivity contribution is -0.137. The number of carboxylic acids is 2. The van der Waals surface area contributed by atoms with Gasteiger partial charge in [-0.25, -0.2) is 9.31 Å². The maximum absolute atomic E-state index is 12.0. The van der Waals surface area contributed by atoms with Crippen LogP contribution in [0.15, 0.2) is 60.7 Å². The van der Waals surface area contributed by atoms with Crippen LogP contribution in [-0.2, 0) is 35.6 Å². The number of carbonyl (C=O) groups excluding carboxylic acids is 1. The summed E-state index contributed by atoms with van der Waals surface area (Å²) in [6, 6.07) is 17.7. The van der Waals surface area contributed by atoms with Gasteiger partial charge in [-0.3, -0.25) is 9.59 Å². The summed E-state index contributed by atoms with van der Waals surface area (Å²) in [5.74, 6) is -2.35. The lowest BCUT2D eigenvalue weighted by Gasteiger charge is -2.18. The number of aromatic nitrogens is 2. The number of nitrogens with zero attached hydrogens (tertiary/aromatic N) is 2. The van der Waals surface area contributed by atoms with Crippen LogP contribution in [0.3, 0.4) is 0 Å². The topological polar surface area (TPSA) is 144 Å². The van der Waals surface area contributed by atoms with Crippen LogP contribution in [0.25, 0.3) is 16.6 Å². The second-order valence-corrected chi connectivity index (χ2v) is 9.32. The molecule has 39 heavy (non-hydrogen) atoms. The number of aromatic carboxylic acids is 1. The molecule has 2 heterocycles. The Bertz CT molecular complexity index is 1510. The van der Waals surface area contributed by atoms with Crippen LogP contribution in [0, 0.1) is 0 Å². The zero-order valence-electron chi connectivity index (χ0n) is 21.7. The van der Waals surface area contributed by atoms with E-state index in [0.29, 0.717) is 30.5 Å². The first-order valence-corrected chi connectivity index (χ1v) is 12.8. The maximum Gasteiger partial charge on any atom is 0.335 e. The van der Waals surface area contributed by atoms with Gasteiger partial charge in [0, 0.05) is 23.2 Å². The van der Waals surface area contributed by atoms with E-state index in [1.165, 1.54) is 12.1 Å². The number of primary amides is 1. The monoisotopic (exact) mass is 529 g/mol. The molecule has 0 fully saturated rings. The smallest absolute Gasteiger partial charge is 0.335 e. The predicted octanol–water partition coefficient (Wildman–Crippen LogP) is 4.88. The van der Waals surface area contributed by atoms with Crippen LogP contribution < -0.4 is 5.73 Å². The van der Waals surface area contributed by atoms with E-state index in [1.807, 2.05) is 29.6 Å². The Morgan fingerprint density at radius 1 is 0.949 bits per heavy atom. The molecule has 0 radical (unpaired) electrons. The minimum Gasteiger partial charge on any atom is -0.481 e. The third-order valence-corrected chi connectivity index (χ3v) is 6.63. The first-order valence-electron chi connectivity index (χ1n) is 12.8. The SMILES string of the molecule is CCc1ccc2c(-c3cccc(C(N)=O)c3)c(CCCCC(=O)O)c(COCc3ccc(C(=O)O)cc3)nn12. The number of rotatable bonds is 13. The van der Waals surface area contributed by atoms with Gasteiger partial charge in [-0.15, -0.1) is 0 Å². The molecular formula is C30H31N3O6. The Labute approximate surface area is 225 Å². The number of amides is 1. The molecule has 0 unspecified atom stereocenters. The number of unbranched alkanes of at least 4 members (excludes halogenated alkanes) is 1. The number of nitrogens with two attached hydrogens (primary N) is 1. The standard InChI is InChI=1S/C30H31N3O6/c1-2-23-14-15-26-28(21-6-5-7-22(16-21)29(31)36)24(8-3-4-9-27(34)35)25(32-33(23)26)18-39-17-19-10-12-20(13-11-19)30(37)38/h5-7,10-16H,2-4,8-9,17-18H2,1H3,(H2,31,36)(H,34,35)(H,37,38). The highest BCUT2D eigenvalue weighted by Crippen LogP contribution is 2.33. The minimum atomic E-state index is -0.987. The molecule has 9 nitrogen and oxygen atoms in total. The summed E-state index contributed by atoms with van der Waals surface area (Å²) < 4.78 is 7.95. The Morgan fingerprint density at radius 3 is 2.38 bits per heavy atom. The predicted molar refractivity (Wildman–Crippen MR) is 146 cm³/mol. The molecule has 2 aromatic carbocycles. The number of carbonyl (C=O) groups is 3. The second-order valence-electron chi connectivity index (χ2n) is 9.32. The van der Waals surface area contributed by atoms with E-state index in [9.17, 15) is 14.4 Å². The van der Waals surface area contributed by atoms with Gasteiger partial charge in [0.1, 0.15) is 0 Å². The van der Waals surface area contributed by atoms with Crippen molar-refractivity contribution in [3.8, 4) is 11.1 Å². The summed E-state index contributed by atoms with van der Waals surface area (Å²) in [6.45, 7) is 2.50. The highest BCUT2D eigenvalue weighted by molar-refractivity contribution is 5.95. The van der Waals surface area contributed by atoms with Gasteiger partial charge in [0.25, 0.3) is 0 Å². The van der Waals surface area contributed by atoms with Crippen molar-refractivity contribution in [2.75, 3.05) is 0 Å². The number of hydrogen-bond donors (Lipinski definition) is 3. The Balaban J connectivity index is 1.75. The molecular weight excluding hydrogens is 498 g/mol. The van der Waals surface area contributed by atoms with E-state index in [1.54, 1.807) is 30.3 Å². The first-order chi connectivity index (χ1) is 18.8. The van der Waals surface area contributed by atoms with E-state index in [2.05, 4.69) is 0 Å². The number of ether oxygens (including phenoxy) is 1. The summed E-state index contributed by atoms with van der Waals surface area (Å²) in [5.41, 5.74) is 12.3. The van der Waals surface area contributed by atoms with Gasteiger partial charge in [-0.1, -0.05) is 31.2 Å². The number of hydrogen-bond acceptors (Lipinski definition) is 5. The molecule has 0 aliphatic carbocycles. The van der Waals surface area contributed by atoms with E-state index in [-0.39, 0.29) is 25.2 Å². The van der Waals surface area contributed by atoms with E-state index in [4.69, 9.17) is 25.8 Å². The molecule has 0 atom stereocenters. The second kappa shape index (κ2) is 12.4. The Kier molecular flexibility index (Phi) is 8.73. The van der Waals surface area contributed by atoms with Gasteiger partial charge in [-0.05, 0) is 78.8 Å². The van der Waals surface area contributed by atoms with Crippen molar-refractivity contribution in [3.05, 3.63) is 94.3 Å². The molecule has 0 saturated heterocycles. The average molecular weight is 530 g/mol. The number of aliphatic carboxylic acids is 1. The lowest BCUT2D eigenvalue weighted by atomic mass is 9.93. The molecule has 0 aliphatic rings. The molecule has 202 valence electrons. The number of fused-ring (bicyclic) bond motifs is 1. The fraction of sp³-hybridized carbons (Fsp3) is 0.267. The van der Waals surface area contributed by atoms with Crippen molar-refractivity contribution in [1.82, 2.24) is 9.61 Å². The molecule has 4 N–H and O–H groups in total. The number of carboxylic acid groups (broad SMARTS) is 2. The van der Waals surface area contributed by atoms with Crippen LogP contribution in [-0.4, -0.2) is 37.7 Å². The minimum absolute atomic E-state index is 0.0748. The van der Waals surface area contributed by atoms with Gasteiger partial charge < -0.3 is 20.7 Å². The molecule has 4 rings (SSSR count). The van der Waals surface area contributed by atoms with Crippen LogP contribution in [0.4, 0.5) is 0 Å². The molecule has 0 saturated carbocycles. The summed E-state index contributed by atoms with van der Waals surface area (Å²) in [4.78, 5) is 34.2. The van der Waals surface area contributed by atoms with Gasteiger partial charge in [0.2, 0.25) is 5.91 Å². The Morgan fingerprint density at radius 2 is 1.72 bits per heavy atom. The highest BCUT2D eigenvalue weighted by atomic mass is 16.5. The van der Waals surface area contributed by atoms with Crippen molar-refractivity contribution in [3.63, 3.8) is 0 Å². The number of aryl methyl sites for hydroxylation is 1. The third-order valence-electron chi connectivity index (χ3n) is 6.63. The average Bonchev–Trinajstić information content (AvgIpc) is 3.33. The zero-order valence-corrected chi connectivity index (χ0v) is 21.7. The quantitative estimate of drug-likeness (QED) is 0.209. The zero-order chi connectivity index (χ0) is 27.9. The summed E-state index contributed by atoms with van der Waals surface area (Å²) in [6.07, 6.45) is 2.56. The van der Waals surface area contributed by atoms with Crippen molar-refractivity contribution < 1.29 is 29.3 Å². The van der Waals surface area contributed by atoms with Crippen LogP contribution in [0.5, 0.6) is 0 Å². The third kappa shape index (κ3) is 6.50. The molecule has 2 aromatic heterocycles. The molecule has 4 aromatic rings. The molecule has 0 spiro atoms. The number of benzene rings is 2. The largest absolute Gasteiger partial charge is 0.481 e. The lowest BCUT2D eigenvalue weighted by Crippen LogP contribution is -2.12. The fourth-order valence-corrected chi connectivity index (χ4v) is 4.65. The van der Waals surface area contributed by atoms with Crippen molar-refractivity contribution in [2.24, 2.45) is 5.73 Å². The van der Waals surface area contributed by atoms with Crippen molar-refractivity contribution >= 4 is 23.4 Å². The van der Waals surface area contributed by atoms with Gasteiger partial charge in [0.15, 0.2) is 0 Å². The van der Waals surface area contributed by atoms with Crippen molar-refractivity contribution in [1.29, 1.82) is 0 Å².